The van der Waals surface area contributed by atoms with Crippen molar-refractivity contribution in [2.24, 2.45) is 5.10 Å². The SMILES string of the molecule is Cc1ccc2[nH]c3nc(N/N=C\c4ccccc4F)nnc3c2c1. The van der Waals surface area contributed by atoms with Crippen LogP contribution in [0.1, 0.15) is 11.1 Å². The van der Waals surface area contributed by atoms with Gasteiger partial charge in [-0.05, 0) is 25.1 Å². The summed E-state index contributed by atoms with van der Waals surface area (Å²) >= 11 is 0. The van der Waals surface area contributed by atoms with E-state index in [2.05, 4.69) is 30.7 Å². The fourth-order valence-electron chi connectivity index (χ4n) is 2.47. The summed E-state index contributed by atoms with van der Waals surface area (Å²) in [5.41, 5.74) is 6.46. The quantitative estimate of drug-likeness (QED) is 0.448. The van der Waals surface area contributed by atoms with Gasteiger partial charge in [0.25, 0.3) is 5.95 Å². The minimum atomic E-state index is -0.344. The van der Waals surface area contributed by atoms with Gasteiger partial charge in [-0.15, -0.1) is 10.2 Å². The van der Waals surface area contributed by atoms with E-state index in [1.54, 1.807) is 18.2 Å². The largest absolute Gasteiger partial charge is 0.338 e. The van der Waals surface area contributed by atoms with E-state index in [-0.39, 0.29) is 11.8 Å². The number of benzene rings is 2. The van der Waals surface area contributed by atoms with Crippen LogP contribution in [0.4, 0.5) is 10.3 Å². The third kappa shape index (κ3) is 2.56. The number of fused-ring (bicyclic) bond motifs is 3. The van der Waals surface area contributed by atoms with Crippen LogP contribution in [-0.2, 0) is 0 Å². The van der Waals surface area contributed by atoms with Gasteiger partial charge < -0.3 is 4.98 Å². The highest BCUT2D eigenvalue weighted by molar-refractivity contribution is 6.03. The third-order valence-electron chi connectivity index (χ3n) is 3.64. The number of hydrazone groups is 1. The predicted molar refractivity (Wildman–Crippen MR) is 91.5 cm³/mol. The van der Waals surface area contributed by atoms with E-state index in [1.165, 1.54) is 12.3 Å². The first-order valence-corrected chi connectivity index (χ1v) is 7.37. The van der Waals surface area contributed by atoms with Crippen LogP contribution in [0.2, 0.25) is 0 Å². The molecule has 0 aliphatic carbocycles. The predicted octanol–water partition coefficient (Wildman–Crippen LogP) is 3.40. The summed E-state index contributed by atoms with van der Waals surface area (Å²) in [7, 11) is 0. The highest BCUT2D eigenvalue weighted by Crippen LogP contribution is 2.23. The number of aromatic nitrogens is 4. The molecule has 118 valence electrons. The Balaban J connectivity index is 1.63. The molecular weight excluding hydrogens is 307 g/mol. The van der Waals surface area contributed by atoms with E-state index in [0.717, 1.165) is 16.5 Å². The lowest BCUT2D eigenvalue weighted by Gasteiger charge is -1.98. The Bertz CT molecular complexity index is 1070. The minimum Gasteiger partial charge on any atom is -0.338 e. The zero-order chi connectivity index (χ0) is 16.5. The Morgan fingerprint density at radius 1 is 1.17 bits per heavy atom. The highest BCUT2D eigenvalue weighted by atomic mass is 19.1. The van der Waals surface area contributed by atoms with E-state index in [0.29, 0.717) is 16.7 Å². The second-order valence-electron chi connectivity index (χ2n) is 5.40. The van der Waals surface area contributed by atoms with Crippen LogP contribution in [0.5, 0.6) is 0 Å². The maximum absolute atomic E-state index is 13.5. The van der Waals surface area contributed by atoms with Gasteiger partial charge in [0.05, 0.1) is 6.21 Å². The summed E-state index contributed by atoms with van der Waals surface area (Å²) in [5.74, 6) is -0.109. The molecule has 4 rings (SSSR count). The second-order valence-corrected chi connectivity index (χ2v) is 5.40. The molecule has 0 saturated carbocycles. The van der Waals surface area contributed by atoms with Crippen molar-refractivity contribution < 1.29 is 4.39 Å². The Kier molecular flexibility index (Phi) is 3.38. The standard InChI is InChI=1S/C17H13FN6/c1-10-6-7-14-12(8-10)15-16(20-14)21-17(24-22-15)23-19-9-11-4-2-3-5-13(11)18/h2-9H,1H3,(H2,20,21,23,24)/b19-9-. The van der Waals surface area contributed by atoms with Crippen LogP contribution in [0.3, 0.4) is 0 Å². The van der Waals surface area contributed by atoms with Crippen molar-refractivity contribution in [3.63, 3.8) is 0 Å². The Morgan fingerprint density at radius 3 is 2.92 bits per heavy atom. The van der Waals surface area contributed by atoms with Crippen molar-refractivity contribution in [3.05, 3.63) is 59.4 Å². The van der Waals surface area contributed by atoms with Gasteiger partial charge in [-0.25, -0.2) is 9.82 Å². The van der Waals surface area contributed by atoms with Gasteiger partial charge >= 0.3 is 0 Å². The molecule has 6 nitrogen and oxygen atoms in total. The van der Waals surface area contributed by atoms with Gasteiger partial charge in [0.2, 0.25) is 0 Å². The van der Waals surface area contributed by atoms with Crippen molar-refractivity contribution in [3.8, 4) is 0 Å². The molecule has 0 bridgehead atoms. The van der Waals surface area contributed by atoms with E-state index in [4.69, 9.17) is 0 Å². The molecule has 0 amide bonds. The second kappa shape index (κ2) is 5.69. The van der Waals surface area contributed by atoms with Crippen LogP contribution in [-0.4, -0.2) is 26.4 Å². The Hall–Kier alpha value is -3.35. The van der Waals surface area contributed by atoms with Crippen molar-refractivity contribution >= 4 is 34.2 Å². The summed E-state index contributed by atoms with van der Waals surface area (Å²) in [5, 5.41) is 13.1. The zero-order valence-corrected chi connectivity index (χ0v) is 12.8. The first-order chi connectivity index (χ1) is 11.7. The fourth-order valence-corrected chi connectivity index (χ4v) is 2.47. The lowest BCUT2D eigenvalue weighted by atomic mass is 10.2. The monoisotopic (exact) mass is 320 g/mol. The van der Waals surface area contributed by atoms with E-state index in [9.17, 15) is 4.39 Å². The van der Waals surface area contributed by atoms with Crippen LogP contribution >= 0.6 is 0 Å². The van der Waals surface area contributed by atoms with E-state index >= 15 is 0 Å². The van der Waals surface area contributed by atoms with Gasteiger partial charge in [-0.1, -0.05) is 29.8 Å². The maximum atomic E-state index is 13.5. The number of hydrogen-bond donors (Lipinski definition) is 2. The number of nitrogens with one attached hydrogen (secondary N) is 2. The molecule has 2 N–H and O–H groups in total. The molecule has 0 spiro atoms. The molecule has 0 aliphatic heterocycles. The first-order valence-electron chi connectivity index (χ1n) is 7.37. The Labute approximate surface area is 136 Å². The number of hydrogen-bond acceptors (Lipinski definition) is 5. The molecule has 0 saturated heterocycles. The molecule has 0 fully saturated rings. The number of nitrogens with zero attached hydrogens (tertiary/aromatic N) is 4. The smallest absolute Gasteiger partial charge is 0.265 e. The fraction of sp³-hybridized carbons (Fsp3) is 0.0588. The van der Waals surface area contributed by atoms with E-state index < -0.39 is 0 Å². The third-order valence-corrected chi connectivity index (χ3v) is 3.64. The molecular formula is C17H13FN6. The molecule has 0 aliphatic rings. The molecule has 0 atom stereocenters. The topological polar surface area (TPSA) is 78.9 Å². The number of aromatic amines is 1. The summed E-state index contributed by atoms with van der Waals surface area (Å²) in [6, 6.07) is 12.4. The van der Waals surface area contributed by atoms with Gasteiger partial charge in [-0.2, -0.15) is 10.1 Å². The summed E-state index contributed by atoms with van der Waals surface area (Å²) in [6.45, 7) is 2.02. The lowest BCUT2D eigenvalue weighted by molar-refractivity contribution is 0.626. The van der Waals surface area contributed by atoms with Gasteiger partial charge in [0.1, 0.15) is 11.3 Å². The number of H-pyrrole nitrogens is 1. The lowest BCUT2D eigenvalue weighted by Crippen LogP contribution is -1.99. The highest BCUT2D eigenvalue weighted by Gasteiger charge is 2.08. The van der Waals surface area contributed by atoms with E-state index in [1.807, 2.05) is 25.1 Å². The van der Waals surface area contributed by atoms with Crippen molar-refractivity contribution in [1.82, 2.24) is 20.2 Å². The molecule has 2 heterocycles. The van der Waals surface area contributed by atoms with Crippen LogP contribution in [0, 0.1) is 12.7 Å². The van der Waals surface area contributed by atoms with Gasteiger partial charge in [-0.3, -0.25) is 0 Å². The van der Waals surface area contributed by atoms with Gasteiger partial charge in [0, 0.05) is 16.5 Å². The Morgan fingerprint density at radius 2 is 2.04 bits per heavy atom. The first kappa shape index (κ1) is 14.3. The molecule has 0 unspecified atom stereocenters. The molecule has 2 aromatic carbocycles. The number of anilines is 1. The number of rotatable bonds is 3. The van der Waals surface area contributed by atoms with Crippen molar-refractivity contribution in [2.45, 2.75) is 6.92 Å². The maximum Gasteiger partial charge on any atom is 0.265 e. The normalized spacial score (nSPS) is 11.6. The minimum absolute atomic E-state index is 0.235. The average molecular weight is 320 g/mol. The molecule has 7 heteroatoms. The van der Waals surface area contributed by atoms with Crippen LogP contribution < -0.4 is 5.43 Å². The summed E-state index contributed by atoms with van der Waals surface area (Å²) in [4.78, 5) is 7.55. The summed E-state index contributed by atoms with van der Waals surface area (Å²) in [6.07, 6.45) is 1.37. The number of halogens is 1. The molecule has 4 aromatic rings. The summed E-state index contributed by atoms with van der Waals surface area (Å²) < 4.78 is 13.5. The van der Waals surface area contributed by atoms with Crippen LogP contribution in [0.15, 0.2) is 47.6 Å². The number of aryl methyl sites for hydroxylation is 1. The molecule has 2 aromatic heterocycles. The zero-order valence-electron chi connectivity index (χ0n) is 12.8. The average Bonchev–Trinajstić information content (AvgIpc) is 2.94. The molecule has 0 radical (unpaired) electrons. The molecule has 24 heavy (non-hydrogen) atoms. The van der Waals surface area contributed by atoms with Crippen molar-refractivity contribution in [2.75, 3.05) is 5.43 Å². The van der Waals surface area contributed by atoms with Gasteiger partial charge in [0.15, 0.2) is 5.65 Å². The van der Waals surface area contributed by atoms with Crippen LogP contribution in [0.25, 0.3) is 22.1 Å². The van der Waals surface area contributed by atoms with Crippen molar-refractivity contribution in [1.29, 1.82) is 0 Å².